The lowest BCUT2D eigenvalue weighted by atomic mass is 9.86. The number of likely N-dealkylation sites (tertiary alicyclic amines) is 1. The van der Waals surface area contributed by atoms with Gasteiger partial charge in [0.15, 0.2) is 5.41 Å². The number of methoxy groups -OCH3 is 1. The Morgan fingerprint density at radius 1 is 1.48 bits per heavy atom. The standard InChI is InChI=1S/C12H19F3N2O4/c1-8(6-21-3)16(2)10(20)17-5-4-11(7-17,9(18)19)12(13,14)15/h8H,4-7H2,1-3H3,(H,18,19). The minimum absolute atomic E-state index is 0.236. The summed E-state index contributed by atoms with van der Waals surface area (Å²) in [5, 5.41) is 8.94. The van der Waals surface area contributed by atoms with E-state index >= 15 is 0 Å². The molecule has 21 heavy (non-hydrogen) atoms. The fourth-order valence-electron chi connectivity index (χ4n) is 2.26. The Morgan fingerprint density at radius 3 is 2.43 bits per heavy atom. The van der Waals surface area contributed by atoms with Gasteiger partial charge in [0.1, 0.15) is 0 Å². The fraction of sp³-hybridized carbons (Fsp3) is 0.833. The van der Waals surface area contributed by atoms with Gasteiger partial charge in [0.2, 0.25) is 0 Å². The van der Waals surface area contributed by atoms with E-state index in [1.165, 1.54) is 19.1 Å². The Bertz CT molecular complexity index is 416. The number of carboxylic acid groups (broad SMARTS) is 1. The molecule has 0 aliphatic carbocycles. The zero-order chi connectivity index (χ0) is 16.4. The van der Waals surface area contributed by atoms with Crippen LogP contribution >= 0.6 is 0 Å². The van der Waals surface area contributed by atoms with E-state index in [9.17, 15) is 22.8 Å². The summed E-state index contributed by atoms with van der Waals surface area (Å²) in [6, 6.07) is -0.958. The Hall–Kier alpha value is -1.51. The van der Waals surface area contributed by atoms with Crippen molar-refractivity contribution in [3.8, 4) is 0 Å². The number of carboxylic acids is 1. The Balaban J connectivity index is 2.86. The van der Waals surface area contributed by atoms with E-state index in [2.05, 4.69) is 0 Å². The summed E-state index contributed by atoms with van der Waals surface area (Å²) in [5.41, 5.74) is -2.88. The number of hydrogen-bond acceptors (Lipinski definition) is 3. The lowest BCUT2D eigenvalue weighted by molar-refractivity contribution is -0.227. The zero-order valence-electron chi connectivity index (χ0n) is 12.1. The van der Waals surface area contributed by atoms with Gasteiger partial charge >= 0.3 is 18.2 Å². The second-order valence-electron chi connectivity index (χ2n) is 5.25. The zero-order valence-corrected chi connectivity index (χ0v) is 12.1. The molecular formula is C12H19F3N2O4. The molecule has 1 aliphatic heterocycles. The van der Waals surface area contributed by atoms with E-state index in [1.807, 2.05) is 0 Å². The van der Waals surface area contributed by atoms with Gasteiger partial charge in [-0.2, -0.15) is 13.2 Å². The van der Waals surface area contributed by atoms with Crippen LogP contribution in [0.4, 0.5) is 18.0 Å². The molecule has 1 rings (SSSR count). The molecule has 1 heterocycles. The number of rotatable bonds is 4. The van der Waals surface area contributed by atoms with Gasteiger partial charge in [0.05, 0.1) is 12.6 Å². The maximum absolute atomic E-state index is 13.0. The van der Waals surface area contributed by atoms with Crippen molar-refractivity contribution in [3.63, 3.8) is 0 Å². The highest BCUT2D eigenvalue weighted by Crippen LogP contribution is 2.45. The molecule has 0 aromatic carbocycles. The van der Waals surface area contributed by atoms with Crippen LogP contribution in [0.25, 0.3) is 0 Å². The molecule has 0 aromatic heterocycles. The summed E-state index contributed by atoms with van der Waals surface area (Å²) in [5.74, 6) is -1.95. The smallest absolute Gasteiger partial charge is 0.406 e. The van der Waals surface area contributed by atoms with Crippen LogP contribution in [0.1, 0.15) is 13.3 Å². The van der Waals surface area contributed by atoms with Gasteiger partial charge in [0, 0.05) is 27.2 Å². The molecule has 2 unspecified atom stereocenters. The number of amides is 2. The molecule has 9 heteroatoms. The van der Waals surface area contributed by atoms with Gasteiger partial charge in [-0.05, 0) is 13.3 Å². The number of alkyl halides is 3. The predicted octanol–water partition coefficient (Wildman–Crippen LogP) is 1.41. The number of carbonyl (C=O) groups is 2. The Kier molecular flexibility index (Phi) is 5.08. The maximum atomic E-state index is 13.0. The average Bonchev–Trinajstić information content (AvgIpc) is 2.83. The van der Waals surface area contributed by atoms with E-state index in [0.29, 0.717) is 0 Å². The monoisotopic (exact) mass is 312 g/mol. The fourth-order valence-corrected chi connectivity index (χ4v) is 2.26. The van der Waals surface area contributed by atoms with Gasteiger partial charge in [-0.1, -0.05) is 0 Å². The van der Waals surface area contributed by atoms with Crippen molar-refractivity contribution in [2.24, 2.45) is 5.41 Å². The summed E-state index contributed by atoms with van der Waals surface area (Å²) in [4.78, 5) is 25.4. The number of likely N-dealkylation sites (N-methyl/N-ethyl adjacent to an activating group) is 1. The van der Waals surface area contributed by atoms with Crippen molar-refractivity contribution in [1.29, 1.82) is 0 Å². The Morgan fingerprint density at radius 2 is 2.05 bits per heavy atom. The first-order valence-electron chi connectivity index (χ1n) is 6.37. The first-order valence-corrected chi connectivity index (χ1v) is 6.37. The van der Waals surface area contributed by atoms with Crippen LogP contribution in [0.3, 0.4) is 0 Å². The second-order valence-corrected chi connectivity index (χ2v) is 5.25. The van der Waals surface area contributed by atoms with Crippen LogP contribution in [-0.4, -0.2) is 73.0 Å². The van der Waals surface area contributed by atoms with Crippen molar-refractivity contribution in [1.82, 2.24) is 9.80 Å². The Labute approximate surface area is 120 Å². The predicted molar refractivity (Wildman–Crippen MR) is 66.8 cm³/mol. The van der Waals surface area contributed by atoms with Crippen molar-refractivity contribution in [3.05, 3.63) is 0 Å². The number of hydrogen-bond donors (Lipinski definition) is 1. The summed E-state index contributed by atoms with van der Waals surface area (Å²) in [6.07, 6.45) is -5.53. The summed E-state index contributed by atoms with van der Waals surface area (Å²) >= 11 is 0. The molecule has 1 N–H and O–H groups in total. The first kappa shape index (κ1) is 17.5. The number of aliphatic carboxylic acids is 1. The second kappa shape index (κ2) is 6.08. The van der Waals surface area contributed by atoms with Gasteiger partial charge in [-0.3, -0.25) is 4.79 Å². The SMILES string of the molecule is COCC(C)N(C)C(=O)N1CCC(C(=O)O)(C(F)(F)F)C1. The molecule has 1 aliphatic rings. The van der Waals surface area contributed by atoms with Gasteiger partial charge in [-0.25, -0.2) is 4.79 Å². The van der Waals surface area contributed by atoms with Gasteiger partial charge in [0.25, 0.3) is 0 Å². The van der Waals surface area contributed by atoms with Crippen LogP contribution < -0.4 is 0 Å². The molecule has 0 saturated carbocycles. The topological polar surface area (TPSA) is 70.1 Å². The molecule has 0 radical (unpaired) electrons. The minimum Gasteiger partial charge on any atom is -0.481 e. The molecule has 0 aromatic rings. The first-order chi connectivity index (χ1) is 9.56. The van der Waals surface area contributed by atoms with Gasteiger partial charge < -0.3 is 19.6 Å². The van der Waals surface area contributed by atoms with Crippen molar-refractivity contribution >= 4 is 12.0 Å². The minimum atomic E-state index is -4.90. The largest absolute Gasteiger partial charge is 0.481 e. The maximum Gasteiger partial charge on any atom is 0.406 e. The van der Waals surface area contributed by atoms with E-state index in [-0.39, 0.29) is 19.2 Å². The van der Waals surface area contributed by atoms with Crippen LogP contribution in [-0.2, 0) is 9.53 Å². The summed E-state index contributed by atoms with van der Waals surface area (Å²) < 4.78 is 44.0. The third-order valence-electron chi connectivity index (χ3n) is 3.86. The van der Waals surface area contributed by atoms with E-state index < -0.39 is 36.6 Å². The highest BCUT2D eigenvalue weighted by molar-refractivity contribution is 5.80. The quantitative estimate of drug-likeness (QED) is 0.852. The number of nitrogens with zero attached hydrogens (tertiary/aromatic N) is 2. The number of carbonyl (C=O) groups excluding carboxylic acids is 1. The lowest BCUT2D eigenvalue weighted by Crippen LogP contribution is -2.50. The molecule has 1 fully saturated rings. The number of halogens is 3. The highest BCUT2D eigenvalue weighted by Gasteiger charge is 2.64. The van der Waals surface area contributed by atoms with Crippen molar-refractivity contribution < 1.29 is 32.6 Å². The molecule has 0 spiro atoms. The normalized spacial score (nSPS) is 24.0. The van der Waals surface area contributed by atoms with Crippen LogP contribution in [0.15, 0.2) is 0 Å². The lowest BCUT2D eigenvalue weighted by Gasteiger charge is -2.31. The summed E-state index contributed by atoms with van der Waals surface area (Å²) in [6.45, 7) is 0.814. The van der Waals surface area contributed by atoms with Gasteiger partial charge in [-0.15, -0.1) is 0 Å². The number of ether oxygens (including phenoxy) is 1. The molecule has 2 amide bonds. The third-order valence-corrected chi connectivity index (χ3v) is 3.86. The van der Waals surface area contributed by atoms with Crippen LogP contribution in [0, 0.1) is 5.41 Å². The van der Waals surface area contributed by atoms with E-state index in [0.717, 1.165) is 4.90 Å². The molecule has 6 nitrogen and oxygen atoms in total. The number of urea groups is 1. The molecule has 122 valence electrons. The van der Waals surface area contributed by atoms with Crippen molar-refractivity contribution in [2.45, 2.75) is 25.6 Å². The molecular weight excluding hydrogens is 293 g/mol. The van der Waals surface area contributed by atoms with Crippen LogP contribution in [0.2, 0.25) is 0 Å². The molecule has 1 saturated heterocycles. The average molecular weight is 312 g/mol. The third kappa shape index (κ3) is 3.22. The van der Waals surface area contributed by atoms with Crippen LogP contribution in [0.5, 0.6) is 0 Å². The van der Waals surface area contributed by atoms with Crippen molar-refractivity contribution in [2.75, 3.05) is 33.9 Å². The van der Waals surface area contributed by atoms with E-state index in [1.54, 1.807) is 6.92 Å². The highest BCUT2D eigenvalue weighted by atomic mass is 19.4. The molecule has 2 atom stereocenters. The van der Waals surface area contributed by atoms with E-state index in [4.69, 9.17) is 9.84 Å². The molecule has 0 bridgehead atoms. The summed E-state index contributed by atoms with van der Waals surface area (Å²) in [7, 11) is 2.89.